The van der Waals surface area contributed by atoms with Crippen LogP contribution in [-0.2, 0) is 9.53 Å². The Morgan fingerprint density at radius 1 is 1.38 bits per heavy atom. The van der Waals surface area contributed by atoms with E-state index in [0.717, 1.165) is 13.2 Å². The average molecular weight is 228 g/mol. The molecule has 1 aliphatic rings. The zero-order valence-corrected chi connectivity index (χ0v) is 10.4. The molecule has 1 aliphatic carbocycles. The standard InChI is InChI=1S/C12H24N2O2/c1-13-12(15)8-14-7-10-4-3-5-11(6-10)9-16-2/h10-11,14H,3-9H2,1-2H3,(H,13,15)/t10-,11+/m1/s1. The van der Waals surface area contributed by atoms with E-state index in [1.165, 1.54) is 25.7 Å². The van der Waals surface area contributed by atoms with Crippen LogP contribution in [0.2, 0.25) is 0 Å². The fourth-order valence-electron chi connectivity index (χ4n) is 2.45. The van der Waals surface area contributed by atoms with E-state index >= 15 is 0 Å². The van der Waals surface area contributed by atoms with Crippen LogP contribution in [-0.4, -0.2) is 39.8 Å². The van der Waals surface area contributed by atoms with Gasteiger partial charge in [0.05, 0.1) is 6.54 Å². The molecule has 0 spiro atoms. The predicted molar refractivity (Wildman–Crippen MR) is 64.3 cm³/mol. The van der Waals surface area contributed by atoms with Gasteiger partial charge in [-0.25, -0.2) is 0 Å². The summed E-state index contributed by atoms with van der Waals surface area (Å²) in [5.41, 5.74) is 0. The van der Waals surface area contributed by atoms with Gasteiger partial charge in [0.25, 0.3) is 0 Å². The minimum Gasteiger partial charge on any atom is -0.384 e. The summed E-state index contributed by atoms with van der Waals surface area (Å²) in [4.78, 5) is 11.0. The molecular weight excluding hydrogens is 204 g/mol. The number of nitrogens with one attached hydrogen (secondary N) is 2. The monoisotopic (exact) mass is 228 g/mol. The molecule has 0 aromatic heterocycles. The van der Waals surface area contributed by atoms with Crippen molar-refractivity contribution >= 4 is 5.91 Å². The van der Waals surface area contributed by atoms with Crippen molar-refractivity contribution in [3.05, 3.63) is 0 Å². The third-order valence-corrected chi connectivity index (χ3v) is 3.29. The Hall–Kier alpha value is -0.610. The summed E-state index contributed by atoms with van der Waals surface area (Å²) in [5, 5.41) is 5.83. The number of methoxy groups -OCH3 is 1. The van der Waals surface area contributed by atoms with Gasteiger partial charge in [0.1, 0.15) is 0 Å². The second-order valence-corrected chi connectivity index (χ2v) is 4.66. The van der Waals surface area contributed by atoms with E-state index in [0.29, 0.717) is 18.4 Å². The van der Waals surface area contributed by atoms with E-state index in [9.17, 15) is 4.79 Å². The first-order valence-corrected chi connectivity index (χ1v) is 6.16. The number of carbonyl (C=O) groups is 1. The van der Waals surface area contributed by atoms with Crippen LogP contribution in [0.25, 0.3) is 0 Å². The van der Waals surface area contributed by atoms with Gasteiger partial charge in [0, 0.05) is 20.8 Å². The molecule has 1 rings (SSSR count). The third kappa shape index (κ3) is 4.94. The first kappa shape index (κ1) is 13.5. The second kappa shape index (κ2) is 7.63. The summed E-state index contributed by atoms with van der Waals surface area (Å²) in [6, 6.07) is 0. The van der Waals surface area contributed by atoms with Crippen LogP contribution in [0.1, 0.15) is 25.7 Å². The smallest absolute Gasteiger partial charge is 0.233 e. The van der Waals surface area contributed by atoms with Gasteiger partial charge in [-0.2, -0.15) is 0 Å². The van der Waals surface area contributed by atoms with Gasteiger partial charge in [0.2, 0.25) is 5.91 Å². The molecule has 1 amide bonds. The number of amides is 1. The van der Waals surface area contributed by atoms with E-state index in [4.69, 9.17) is 4.74 Å². The minimum absolute atomic E-state index is 0.0595. The summed E-state index contributed by atoms with van der Waals surface area (Å²) in [6.45, 7) is 2.27. The van der Waals surface area contributed by atoms with E-state index in [2.05, 4.69) is 10.6 Å². The molecule has 0 aromatic rings. The predicted octanol–water partition coefficient (Wildman–Crippen LogP) is 0.775. The Labute approximate surface area is 98.1 Å². The van der Waals surface area contributed by atoms with Crippen molar-refractivity contribution in [3.63, 3.8) is 0 Å². The van der Waals surface area contributed by atoms with Crippen molar-refractivity contribution in [2.75, 3.05) is 33.9 Å². The number of hydrogen-bond donors (Lipinski definition) is 2. The van der Waals surface area contributed by atoms with Crippen LogP contribution >= 0.6 is 0 Å². The first-order valence-electron chi connectivity index (χ1n) is 6.16. The van der Waals surface area contributed by atoms with Gasteiger partial charge in [-0.15, -0.1) is 0 Å². The van der Waals surface area contributed by atoms with E-state index < -0.39 is 0 Å². The number of rotatable bonds is 6. The van der Waals surface area contributed by atoms with Crippen LogP contribution in [0, 0.1) is 11.8 Å². The number of ether oxygens (including phenoxy) is 1. The van der Waals surface area contributed by atoms with Crippen molar-refractivity contribution in [2.45, 2.75) is 25.7 Å². The van der Waals surface area contributed by atoms with E-state index in [1.807, 2.05) is 0 Å². The molecule has 2 N–H and O–H groups in total. The van der Waals surface area contributed by atoms with Gasteiger partial charge >= 0.3 is 0 Å². The van der Waals surface area contributed by atoms with Gasteiger partial charge in [-0.1, -0.05) is 6.42 Å². The van der Waals surface area contributed by atoms with E-state index in [1.54, 1.807) is 14.2 Å². The lowest BCUT2D eigenvalue weighted by Gasteiger charge is -2.28. The second-order valence-electron chi connectivity index (χ2n) is 4.66. The van der Waals surface area contributed by atoms with E-state index in [-0.39, 0.29) is 5.91 Å². The molecular formula is C12H24N2O2. The highest BCUT2D eigenvalue weighted by molar-refractivity contribution is 5.77. The van der Waals surface area contributed by atoms with Gasteiger partial charge < -0.3 is 15.4 Å². The number of carbonyl (C=O) groups excluding carboxylic acids is 1. The largest absolute Gasteiger partial charge is 0.384 e. The normalized spacial score (nSPS) is 25.4. The lowest BCUT2D eigenvalue weighted by atomic mass is 9.82. The Morgan fingerprint density at radius 3 is 2.81 bits per heavy atom. The minimum atomic E-state index is 0.0595. The average Bonchev–Trinajstić information content (AvgIpc) is 2.30. The molecule has 4 nitrogen and oxygen atoms in total. The van der Waals surface area contributed by atoms with Crippen molar-refractivity contribution < 1.29 is 9.53 Å². The van der Waals surface area contributed by atoms with Crippen molar-refractivity contribution in [2.24, 2.45) is 11.8 Å². The topological polar surface area (TPSA) is 50.4 Å². The summed E-state index contributed by atoms with van der Waals surface area (Å²) >= 11 is 0. The molecule has 0 saturated heterocycles. The summed E-state index contributed by atoms with van der Waals surface area (Å²) in [7, 11) is 3.44. The zero-order chi connectivity index (χ0) is 11.8. The third-order valence-electron chi connectivity index (χ3n) is 3.29. The summed E-state index contributed by atoms with van der Waals surface area (Å²) in [6.07, 6.45) is 5.09. The molecule has 0 unspecified atom stereocenters. The Bertz CT molecular complexity index is 207. The highest BCUT2D eigenvalue weighted by Gasteiger charge is 2.21. The molecule has 0 aromatic carbocycles. The highest BCUT2D eigenvalue weighted by atomic mass is 16.5. The molecule has 1 saturated carbocycles. The van der Waals surface area contributed by atoms with Crippen molar-refractivity contribution in [1.82, 2.24) is 10.6 Å². The van der Waals surface area contributed by atoms with Crippen molar-refractivity contribution in [1.29, 1.82) is 0 Å². The lowest BCUT2D eigenvalue weighted by molar-refractivity contribution is -0.119. The Kier molecular flexibility index (Phi) is 6.42. The van der Waals surface area contributed by atoms with Crippen LogP contribution in [0.3, 0.4) is 0 Å². The summed E-state index contributed by atoms with van der Waals surface area (Å²) < 4.78 is 5.21. The highest BCUT2D eigenvalue weighted by Crippen LogP contribution is 2.28. The van der Waals surface area contributed by atoms with Gasteiger partial charge in [0.15, 0.2) is 0 Å². The van der Waals surface area contributed by atoms with Gasteiger partial charge in [-0.05, 0) is 37.6 Å². The molecule has 1 fully saturated rings. The maximum Gasteiger partial charge on any atom is 0.233 e. The number of hydrogen-bond acceptors (Lipinski definition) is 3. The Morgan fingerprint density at radius 2 is 2.12 bits per heavy atom. The maximum absolute atomic E-state index is 11.0. The van der Waals surface area contributed by atoms with Crippen LogP contribution in [0.4, 0.5) is 0 Å². The van der Waals surface area contributed by atoms with Crippen LogP contribution in [0.15, 0.2) is 0 Å². The SMILES string of the molecule is CNC(=O)CNC[C@@H]1CCC[C@H](COC)C1. The van der Waals surface area contributed by atoms with Crippen LogP contribution < -0.4 is 10.6 Å². The first-order chi connectivity index (χ1) is 7.76. The number of likely N-dealkylation sites (N-methyl/N-ethyl adjacent to an activating group) is 1. The molecule has 16 heavy (non-hydrogen) atoms. The zero-order valence-electron chi connectivity index (χ0n) is 10.4. The lowest BCUT2D eigenvalue weighted by Crippen LogP contribution is -2.35. The van der Waals surface area contributed by atoms with Crippen molar-refractivity contribution in [3.8, 4) is 0 Å². The fraction of sp³-hybridized carbons (Fsp3) is 0.917. The van der Waals surface area contributed by atoms with Gasteiger partial charge in [-0.3, -0.25) is 4.79 Å². The maximum atomic E-state index is 11.0. The molecule has 94 valence electrons. The molecule has 0 heterocycles. The fourth-order valence-corrected chi connectivity index (χ4v) is 2.45. The van der Waals surface area contributed by atoms with Crippen LogP contribution in [0.5, 0.6) is 0 Å². The molecule has 0 aliphatic heterocycles. The molecule has 0 radical (unpaired) electrons. The molecule has 2 atom stereocenters. The Balaban J connectivity index is 2.14. The quantitative estimate of drug-likeness (QED) is 0.706. The molecule has 0 bridgehead atoms. The molecule has 4 heteroatoms. The summed E-state index contributed by atoms with van der Waals surface area (Å²) in [5.74, 6) is 1.48.